The zero-order valence-corrected chi connectivity index (χ0v) is 12.8. The highest BCUT2D eigenvalue weighted by Crippen LogP contribution is 2.12. The molecule has 1 aromatic rings. The third-order valence-corrected chi connectivity index (χ3v) is 3.74. The summed E-state index contributed by atoms with van der Waals surface area (Å²) in [6, 6.07) is 6.11. The number of ether oxygens (including phenoxy) is 2. The number of aryl methyl sites for hydroxylation is 1. The molecule has 0 unspecified atom stereocenters. The van der Waals surface area contributed by atoms with Crippen LogP contribution in [0.5, 0.6) is 0 Å². The zero-order valence-electron chi connectivity index (χ0n) is 11.9. The van der Waals surface area contributed by atoms with Crippen LogP contribution < -0.4 is 5.48 Å². The van der Waals surface area contributed by atoms with Gasteiger partial charge >= 0.3 is 10.1 Å². The van der Waals surface area contributed by atoms with Crippen molar-refractivity contribution in [2.45, 2.75) is 24.5 Å². The van der Waals surface area contributed by atoms with Crippen LogP contribution in [0, 0.1) is 6.92 Å². The van der Waals surface area contributed by atoms with E-state index in [9.17, 15) is 8.42 Å². The van der Waals surface area contributed by atoms with E-state index >= 15 is 0 Å². The lowest BCUT2D eigenvalue weighted by molar-refractivity contribution is -0.0970. The third kappa shape index (κ3) is 5.31. The van der Waals surface area contributed by atoms with Gasteiger partial charge in [-0.25, -0.2) is 5.48 Å². The summed E-state index contributed by atoms with van der Waals surface area (Å²) in [5.74, 6) is -0.153. The number of amidine groups is 1. The van der Waals surface area contributed by atoms with Crippen LogP contribution in [0.25, 0.3) is 0 Å². The van der Waals surface area contributed by atoms with E-state index in [-0.39, 0.29) is 17.2 Å². The summed E-state index contributed by atoms with van der Waals surface area (Å²) in [7, 11) is -1.22. The number of rotatable bonds is 7. The molecule has 0 bridgehead atoms. The molecule has 1 aromatic carbocycles. The Kier molecular flexibility index (Phi) is 6.56. The summed E-state index contributed by atoms with van der Waals surface area (Å²) in [5.41, 5.74) is 2.99. The molecule has 0 saturated heterocycles. The molecule has 0 aliphatic heterocycles. The molecule has 0 radical (unpaired) electrons. The van der Waals surface area contributed by atoms with Crippen molar-refractivity contribution in [2.24, 2.45) is 5.16 Å². The van der Waals surface area contributed by atoms with Crippen molar-refractivity contribution >= 4 is 16.0 Å². The molecule has 118 valence electrons. The van der Waals surface area contributed by atoms with Crippen molar-refractivity contribution in [3.8, 4) is 0 Å². The molecule has 9 heteroatoms. The topological polar surface area (TPSA) is 106 Å². The maximum Gasteiger partial charge on any atom is 0.317 e. The van der Waals surface area contributed by atoms with Gasteiger partial charge in [0, 0.05) is 14.2 Å². The summed E-state index contributed by atoms with van der Waals surface area (Å²) in [5, 5.41) is 11.7. The number of nitrogens with one attached hydrogen (secondary N) is 1. The molecular formula is C12H18N2O6S. The van der Waals surface area contributed by atoms with Gasteiger partial charge in [0.25, 0.3) is 0 Å². The molecule has 0 fully saturated rings. The summed E-state index contributed by atoms with van der Waals surface area (Å²) in [6.45, 7) is 1.83. The van der Waals surface area contributed by atoms with E-state index in [1.165, 1.54) is 26.4 Å². The van der Waals surface area contributed by atoms with Gasteiger partial charge in [0.15, 0.2) is 12.1 Å². The molecule has 0 aliphatic carbocycles. The molecule has 8 nitrogen and oxygen atoms in total. The first-order chi connectivity index (χ1) is 9.92. The monoisotopic (exact) mass is 318 g/mol. The van der Waals surface area contributed by atoms with Gasteiger partial charge in [0.2, 0.25) is 0 Å². The fourth-order valence-corrected chi connectivity index (χ4v) is 2.15. The van der Waals surface area contributed by atoms with Gasteiger partial charge in [-0.3, -0.25) is 0 Å². The standard InChI is InChI=1S/C12H18N2O6S/c1-9-4-6-10(7-5-9)21(16,17)20-14-11(13-15)8-12(18-2)19-3/h4-7,12,15H,8H2,1-3H3,(H,13,14). The van der Waals surface area contributed by atoms with Crippen molar-refractivity contribution in [1.82, 2.24) is 5.48 Å². The molecule has 0 saturated carbocycles. The van der Waals surface area contributed by atoms with E-state index in [2.05, 4.69) is 14.9 Å². The molecule has 0 atom stereocenters. The zero-order chi connectivity index (χ0) is 15.9. The van der Waals surface area contributed by atoms with Crippen molar-refractivity contribution in [1.29, 1.82) is 0 Å². The predicted octanol–water partition coefficient (Wildman–Crippen LogP) is 1.00. The van der Waals surface area contributed by atoms with Crippen molar-refractivity contribution in [3.05, 3.63) is 29.8 Å². The molecule has 1 rings (SSSR count). The maximum absolute atomic E-state index is 11.9. The van der Waals surface area contributed by atoms with Crippen molar-refractivity contribution in [3.63, 3.8) is 0 Å². The molecule has 21 heavy (non-hydrogen) atoms. The Bertz CT molecular complexity index is 566. The minimum Gasteiger partial charge on any atom is -0.409 e. The largest absolute Gasteiger partial charge is 0.409 e. The Morgan fingerprint density at radius 1 is 1.29 bits per heavy atom. The molecule has 0 aliphatic rings. The van der Waals surface area contributed by atoms with E-state index in [1.54, 1.807) is 12.1 Å². The van der Waals surface area contributed by atoms with Crippen LogP contribution in [0.4, 0.5) is 0 Å². The average molecular weight is 318 g/mol. The minimum atomic E-state index is -4.02. The first kappa shape index (κ1) is 17.4. The first-order valence-corrected chi connectivity index (χ1v) is 7.36. The average Bonchev–Trinajstić information content (AvgIpc) is 2.48. The number of benzene rings is 1. The Hall–Kier alpha value is -1.68. The lowest BCUT2D eigenvalue weighted by Gasteiger charge is -2.14. The van der Waals surface area contributed by atoms with Gasteiger partial charge in [-0.05, 0) is 19.1 Å². The van der Waals surface area contributed by atoms with E-state index in [0.717, 1.165) is 5.56 Å². The van der Waals surface area contributed by atoms with Crippen LogP contribution in [-0.4, -0.2) is 40.0 Å². The van der Waals surface area contributed by atoms with Gasteiger partial charge in [-0.15, -0.1) is 4.28 Å². The fourth-order valence-electron chi connectivity index (χ4n) is 1.38. The van der Waals surface area contributed by atoms with Crippen molar-refractivity contribution in [2.75, 3.05) is 14.2 Å². The lowest BCUT2D eigenvalue weighted by Crippen LogP contribution is -2.31. The number of hydrogen-bond acceptors (Lipinski definition) is 7. The van der Waals surface area contributed by atoms with E-state index in [1.807, 2.05) is 6.92 Å². The van der Waals surface area contributed by atoms with Gasteiger partial charge in [-0.2, -0.15) is 8.42 Å². The second-order valence-electron chi connectivity index (χ2n) is 4.10. The lowest BCUT2D eigenvalue weighted by atomic mass is 10.2. The quantitative estimate of drug-likeness (QED) is 0.254. The van der Waals surface area contributed by atoms with Gasteiger partial charge in [0.1, 0.15) is 0 Å². The Balaban J connectivity index is 2.69. The second-order valence-corrected chi connectivity index (χ2v) is 5.65. The highest BCUT2D eigenvalue weighted by molar-refractivity contribution is 7.86. The highest BCUT2D eigenvalue weighted by atomic mass is 32.2. The summed E-state index contributed by atoms with van der Waals surface area (Å²) >= 11 is 0. The minimum absolute atomic E-state index is 0.0204. The molecule has 0 heterocycles. The smallest absolute Gasteiger partial charge is 0.317 e. The van der Waals surface area contributed by atoms with E-state index < -0.39 is 16.4 Å². The summed E-state index contributed by atoms with van der Waals surface area (Å²) in [6.07, 6.45) is -0.721. The van der Waals surface area contributed by atoms with Gasteiger partial charge in [0.05, 0.1) is 11.3 Å². The second kappa shape index (κ2) is 7.93. The van der Waals surface area contributed by atoms with Crippen LogP contribution in [0.3, 0.4) is 0 Å². The normalized spacial score (nSPS) is 12.7. The molecular weight excluding hydrogens is 300 g/mol. The van der Waals surface area contributed by atoms with Gasteiger partial charge in [-0.1, -0.05) is 22.9 Å². The summed E-state index contributed by atoms with van der Waals surface area (Å²) < 4.78 is 38.2. The Morgan fingerprint density at radius 3 is 2.33 bits per heavy atom. The third-order valence-electron chi connectivity index (χ3n) is 2.59. The Labute approximate surface area is 123 Å². The maximum atomic E-state index is 11.9. The number of hydrogen-bond donors (Lipinski definition) is 2. The van der Waals surface area contributed by atoms with Crippen LogP contribution in [-0.2, 0) is 23.9 Å². The van der Waals surface area contributed by atoms with E-state index in [4.69, 9.17) is 14.7 Å². The van der Waals surface area contributed by atoms with Crippen LogP contribution in [0.2, 0.25) is 0 Å². The van der Waals surface area contributed by atoms with E-state index in [0.29, 0.717) is 0 Å². The fraction of sp³-hybridized carbons (Fsp3) is 0.417. The van der Waals surface area contributed by atoms with Crippen molar-refractivity contribution < 1.29 is 27.4 Å². The Morgan fingerprint density at radius 2 is 1.86 bits per heavy atom. The molecule has 0 amide bonds. The molecule has 0 spiro atoms. The number of hydroxylamine groups is 1. The van der Waals surface area contributed by atoms with Crippen LogP contribution in [0.1, 0.15) is 12.0 Å². The van der Waals surface area contributed by atoms with Crippen LogP contribution in [0.15, 0.2) is 34.3 Å². The summed E-state index contributed by atoms with van der Waals surface area (Å²) in [4.78, 5) is -0.0204. The highest BCUT2D eigenvalue weighted by Gasteiger charge is 2.18. The van der Waals surface area contributed by atoms with Gasteiger partial charge < -0.3 is 14.7 Å². The molecule has 0 aromatic heterocycles. The first-order valence-electron chi connectivity index (χ1n) is 5.95. The van der Waals surface area contributed by atoms with Crippen LogP contribution >= 0.6 is 0 Å². The SMILES string of the molecule is COC(CC(=NO)NOS(=O)(=O)c1ccc(C)cc1)OC. The number of oxime groups is 1. The number of nitrogens with zero attached hydrogens (tertiary/aromatic N) is 1. The number of methoxy groups -OCH3 is 2. The predicted molar refractivity (Wildman–Crippen MR) is 74.2 cm³/mol. The molecule has 2 N–H and O–H groups in total.